The van der Waals surface area contributed by atoms with Crippen LogP contribution in [0.4, 0.5) is 5.13 Å². The molecule has 0 unspecified atom stereocenters. The number of methoxy groups -OCH3 is 1. The van der Waals surface area contributed by atoms with Gasteiger partial charge >= 0.3 is 0 Å². The summed E-state index contributed by atoms with van der Waals surface area (Å²) in [7, 11) is 1.64. The molecule has 142 valence electrons. The van der Waals surface area contributed by atoms with Crippen LogP contribution in [0.5, 0.6) is 5.75 Å². The number of hydrogen-bond donors (Lipinski definition) is 1. The van der Waals surface area contributed by atoms with Crippen LogP contribution in [0.25, 0.3) is 10.4 Å². The number of hydrogen-bond acceptors (Lipinski definition) is 7. The van der Waals surface area contributed by atoms with Gasteiger partial charge in [-0.1, -0.05) is 26.0 Å². The van der Waals surface area contributed by atoms with E-state index in [1.165, 1.54) is 22.9 Å². The quantitative estimate of drug-likeness (QED) is 0.606. The average molecular weight is 403 g/mol. The highest BCUT2D eigenvalue weighted by atomic mass is 32.1. The molecule has 1 N–H and O–H groups in total. The molecule has 1 aromatic carbocycles. The number of nitrogens with zero attached hydrogens (tertiary/aromatic N) is 3. The van der Waals surface area contributed by atoms with E-state index in [2.05, 4.69) is 33.4 Å². The fraction of sp³-hybridized carbons (Fsp3) is 0.316. The Balaban J connectivity index is 1.67. The number of benzene rings is 1. The molecule has 3 aromatic rings. The summed E-state index contributed by atoms with van der Waals surface area (Å²) >= 11 is 2.74. The molecular weight excluding hydrogens is 380 g/mol. The lowest BCUT2D eigenvalue weighted by atomic mass is 10.1. The predicted molar refractivity (Wildman–Crippen MR) is 111 cm³/mol. The second kappa shape index (κ2) is 9.07. The van der Waals surface area contributed by atoms with Crippen LogP contribution in [0.15, 0.2) is 35.7 Å². The molecule has 0 fully saturated rings. The minimum atomic E-state index is -0.175. The Morgan fingerprint density at radius 2 is 2.07 bits per heavy atom. The molecule has 0 aliphatic heterocycles. The fourth-order valence-electron chi connectivity index (χ4n) is 2.57. The van der Waals surface area contributed by atoms with Crippen molar-refractivity contribution in [2.24, 2.45) is 0 Å². The van der Waals surface area contributed by atoms with E-state index in [4.69, 9.17) is 4.74 Å². The lowest BCUT2D eigenvalue weighted by Gasteiger charge is -2.14. The van der Waals surface area contributed by atoms with Crippen LogP contribution in [0.2, 0.25) is 0 Å². The highest BCUT2D eigenvalue weighted by Gasteiger charge is 2.14. The number of rotatable bonds is 8. The molecule has 2 heterocycles. The van der Waals surface area contributed by atoms with Gasteiger partial charge in [-0.15, -0.1) is 11.3 Å². The zero-order valence-corrected chi connectivity index (χ0v) is 17.2. The number of ether oxygens (including phenoxy) is 1. The summed E-state index contributed by atoms with van der Waals surface area (Å²) in [6.45, 7) is 6.79. The molecule has 6 nitrogen and oxygen atoms in total. The number of nitrogens with one attached hydrogen (secondary N) is 1. The van der Waals surface area contributed by atoms with Crippen LogP contribution in [0.3, 0.4) is 0 Å². The molecule has 3 rings (SSSR count). The Hall–Kier alpha value is -2.29. The second-order valence-corrected chi connectivity index (χ2v) is 7.53. The molecule has 1 amide bonds. The normalized spacial score (nSPS) is 11.0. The first-order valence-electron chi connectivity index (χ1n) is 8.72. The van der Waals surface area contributed by atoms with E-state index >= 15 is 0 Å². The summed E-state index contributed by atoms with van der Waals surface area (Å²) in [5.74, 6) is 1.36. The van der Waals surface area contributed by atoms with Gasteiger partial charge in [0, 0.05) is 21.8 Å². The second-order valence-electron chi connectivity index (χ2n) is 5.86. The lowest BCUT2D eigenvalue weighted by molar-refractivity contribution is 0.102. The number of anilines is 1. The summed E-state index contributed by atoms with van der Waals surface area (Å²) in [5.41, 5.74) is 1.63. The zero-order valence-electron chi connectivity index (χ0n) is 15.6. The highest BCUT2D eigenvalue weighted by Crippen LogP contribution is 2.30. The van der Waals surface area contributed by atoms with Crippen molar-refractivity contribution in [3.8, 4) is 16.2 Å². The van der Waals surface area contributed by atoms with E-state index in [9.17, 15) is 4.79 Å². The number of thiophene rings is 1. The fourth-order valence-corrected chi connectivity index (χ4v) is 4.03. The van der Waals surface area contributed by atoms with E-state index in [0.717, 1.165) is 35.1 Å². The number of carbonyl (C=O) groups is 1. The molecule has 0 saturated heterocycles. The summed E-state index contributed by atoms with van der Waals surface area (Å²) in [4.78, 5) is 20.2. The minimum Gasteiger partial charge on any atom is -0.497 e. The molecule has 0 saturated carbocycles. The molecule has 0 bridgehead atoms. The molecule has 0 spiro atoms. The van der Waals surface area contributed by atoms with Crippen molar-refractivity contribution in [1.29, 1.82) is 0 Å². The molecule has 0 atom stereocenters. The van der Waals surface area contributed by atoms with Crippen LogP contribution in [0.1, 0.15) is 30.0 Å². The van der Waals surface area contributed by atoms with Gasteiger partial charge in [0.1, 0.15) is 5.75 Å². The third-order valence-corrected chi connectivity index (χ3v) is 5.81. The first-order valence-corrected chi connectivity index (χ1v) is 10.4. The summed E-state index contributed by atoms with van der Waals surface area (Å²) in [6, 6.07) is 9.67. The number of aromatic nitrogens is 2. The molecule has 0 radical (unpaired) electrons. The maximum atomic E-state index is 12.5. The van der Waals surface area contributed by atoms with Gasteiger partial charge < -0.3 is 4.74 Å². The van der Waals surface area contributed by atoms with Crippen LogP contribution in [-0.2, 0) is 6.54 Å². The largest absolute Gasteiger partial charge is 0.497 e. The first-order chi connectivity index (χ1) is 13.1. The Kier molecular flexibility index (Phi) is 6.54. The standard InChI is InChI=1S/C19H22N4O2S2/c1-4-23(5-2)11-17-20-19(27-22-17)21-18(24)14-10-16(26-12-14)13-7-6-8-15(9-13)25-3/h6-10,12H,4-5,11H2,1-3H3,(H,20,21,22,24). The van der Waals surface area contributed by atoms with Gasteiger partial charge in [0.25, 0.3) is 5.91 Å². The summed E-state index contributed by atoms with van der Waals surface area (Å²) in [5, 5.41) is 5.22. The zero-order chi connectivity index (χ0) is 19.2. The Labute approximate surface area is 167 Å². The third kappa shape index (κ3) is 4.91. The average Bonchev–Trinajstić information content (AvgIpc) is 3.36. The molecule has 0 aliphatic rings. The van der Waals surface area contributed by atoms with Crippen molar-refractivity contribution >= 4 is 33.9 Å². The highest BCUT2D eigenvalue weighted by molar-refractivity contribution is 7.14. The van der Waals surface area contributed by atoms with Gasteiger partial charge in [-0.05, 0) is 36.9 Å². The molecule has 0 aliphatic carbocycles. The Morgan fingerprint density at radius 1 is 1.26 bits per heavy atom. The van der Waals surface area contributed by atoms with Gasteiger partial charge in [0.15, 0.2) is 5.82 Å². The maximum absolute atomic E-state index is 12.5. The third-order valence-electron chi connectivity index (χ3n) is 4.16. The van der Waals surface area contributed by atoms with Gasteiger partial charge in [-0.25, -0.2) is 4.98 Å². The lowest BCUT2D eigenvalue weighted by Crippen LogP contribution is -2.22. The Morgan fingerprint density at radius 3 is 2.81 bits per heavy atom. The number of carbonyl (C=O) groups excluding carboxylic acids is 1. The van der Waals surface area contributed by atoms with E-state index in [-0.39, 0.29) is 5.91 Å². The van der Waals surface area contributed by atoms with Gasteiger partial charge in [-0.2, -0.15) is 4.37 Å². The van der Waals surface area contributed by atoms with Crippen LogP contribution in [-0.4, -0.2) is 40.4 Å². The summed E-state index contributed by atoms with van der Waals surface area (Å²) < 4.78 is 9.60. The molecule has 2 aromatic heterocycles. The maximum Gasteiger partial charge on any atom is 0.258 e. The summed E-state index contributed by atoms with van der Waals surface area (Å²) in [6.07, 6.45) is 0. The van der Waals surface area contributed by atoms with Crippen molar-refractivity contribution in [3.63, 3.8) is 0 Å². The van der Waals surface area contributed by atoms with Crippen molar-refractivity contribution in [2.45, 2.75) is 20.4 Å². The predicted octanol–water partition coefficient (Wildman–Crippen LogP) is 4.37. The van der Waals surface area contributed by atoms with E-state index in [1.54, 1.807) is 7.11 Å². The van der Waals surface area contributed by atoms with E-state index in [1.807, 2.05) is 35.7 Å². The van der Waals surface area contributed by atoms with Gasteiger partial charge in [0.2, 0.25) is 5.13 Å². The minimum absolute atomic E-state index is 0.175. The van der Waals surface area contributed by atoms with Crippen molar-refractivity contribution in [1.82, 2.24) is 14.3 Å². The van der Waals surface area contributed by atoms with Gasteiger partial charge in [-0.3, -0.25) is 15.0 Å². The van der Waals surface area contributed by atoms with Crippen LogP contribution in [0, 0.1) is 0 Å². The smallest absolute Gasteiger partial charge is 0.258 e. The van der Waals surface area contributed by atoms with Crippen molar-refractivity contribution in [3.05, 3.63) is 47.1 Å². The molecular formula is C19H22N4O2S2. The van der Waals surface area contributed by atoms with Crippen LogP contribution >= 0.6 is 22.9 Å². The van der Waals surface area contributed by atoms with Crippen molar-refractivity contribution in [2.75, 3.05) is 25.5 Å². The molecule has 27 heavy (non-hydrogen) atoms. The molecule has 8 heteroatoms. The Bertz CT molecular complexity index is 903. The SMILES string of the molecule is CCN(CC)Cc1nsc(NC(=O)c2csc(-c3cccc(OC)c3)c2)n1. The number of amides is 1. The van der Waals surface area contributed by atoms with Gasteiger partial charge in [0.05, 0.1) is 19.2 Å². The van der Waals surface area contributed by atoms with Crippen molar-refractivity contribution < 1.29 is 9.53 Å². The monoisotopic (exact) mass is 402 g/mol. The van der Waals surface area contributed by atoms with E-state index in [0.29, 0.717) is 17.2 Å². The van der Waals surface area contributed by atoms with E-state index < -0.39 is 0 Å². The van der Waals surface area contributed by atoms with Crippen LogP contribution < -0.4 is 10.1 Å². The first kappa shape index (κ1) is 19.5. The topological polar surface area (TPSA) is 67.4 Å².